The van der Waals surface area contributed by atoms with Crippen LogP contribution in [0.25, 0.3) is 0 Å². The maximum absolute atomic E-state index is 8.88. The molecular weight excluding hydrogens is 540 g/mol. The molecule has 0 atom stereocenters. The van der Waals surface area contributed by atoms with E-state index in [-0.39, 0.29) is 17.4 Å². The Morgan fingerprint density at radius 3 is 0.692 bits per heavy atom. The molecule has 0 amide bonds. The minimum Gasteiger partial charge on any atom is -0.538 e. The maximum Gasteiger partial charge on any atom is 3.00 e. The third kappa shape index (κ3) is 1270. The molecule has 0 aliphatic heterocycles. The van der Waals surface area contributed by atoms with Crippen LogP contribution in [0.15, 0.2) is 0 Å². The van der Waals surface area contributed by atoms with Gasteiger partial charge in [-0.1, -0.05) is 0 Å². The Balaban J connectivity index is -0.0000000450. The van der Waals surface area contributed by atoms with Crippen LogP contribution in [-0.2, 0) is 0 Å². The van der Waals surface area contributed by atoms with Crippen LogP contribution in [0.2, 0.25) is 0 Å². The standard InChI is InChI=1S/3CHIO2.Al/c3*2-1(3)4;/h3*(H,3,4);/q;;;+3/p-3. The predicted molar refractivity (Wildman–Crippen MR) is 64.0 cm³/mol. The molecule has 0 aromatic carbocycles. The molecule has 0 saturated carbocycles. The van der Waals surface area contributed by atoms with E-state index < -0.39 is 11.9 Å². The van der Waals surface area contributed by atoms with E-state index in [1.165, 1.54) is 0 Å². The first-order chi connectivity index (χ1) is 5.20. The molecule has 0 saturated heterocycles. The SMILES string of the molecule is O=C([O-])I.O=C([O-])I.O=C([O-])I.[Al+3]. The van der Waals surface area contributed by atoms with Gasteiger partial charge in [0.1, 0.15) is 11.9 Å². The van der Waals surface area contributed by atoms with Crippen LogP contribution in [0.5, 0.6) is 0 Å². The first-order valence-corrected chi connectivity index (χ1v) is 5.03. The zero-order valence-corrected chi connectivity index (χ0v) is 13.3. The van der Waals surface area contributed by atoms with Gasteiger partial charge in [-0.15, -0.1) is 0 Å². The van der Waals surface area contributed by atoms with E-state index in [9.17, 15) is 0 Å². The molecule has 0 aliphatic rings. The van der Waals surface area contributed by atoms with Gasteiger partial charge in [0.25, 0.3) is 0 Å². The van der Waals surface area contributed by atoms with E-state index >= 15 is 0 Å². The fraction of sp³-hybridized carbons (Fsp3) is 0. The van der Waals surface area contributed by atoms with Crippen molar-refractivity contribution in [2.75, 3.05) is 0 Å². The number of carbonyl (C=O) groups is 3. The zero-order valence-electron chi connectivity index (χ0n) is 5.66. The van der Waals surface area contributed by atoms with Gasteiger partial charge in [0, 0.05) is 0 Å². The van der Waals surface area contributed by atoms with E-state index in [2.05, 4.69) is 0 Å². The minimum absolute atomic E-state index is 0. The molecule has 72 valence electrons. The molecule has 0 aliphatic carbocycles. The zero-order chi connectivity index (χ0) is 10.7. The van der Waals surface area contributed by atoms with Gasteiger partial charge in [-0.25, -0.2) is 0 Å². The van der Waals surface area contributed by atoms with Gasteiger partial charge in [-0.2, -0.15) is 0 Å². The van der Waals surface area contributed by atoms with Crippen molar-refractivity contribution in [2.45, 2.75) is 0 Å². The fourth-order valence-electron chi connectivity index (χ4n) is 0. The van der Waals surface area contributed by atoms with Crippen molar-refractivity contribution in [3.8, 4) is 0 Å². The van der Waals surface area contributed by atoms with Crippen LogP contribution in [0.4, 0.5) is 14.4 Å². The molecule has 6 nitrogen and oxygen atoms in total. The topological polar surface area (TPSA) is 120 Å². The summed E-state index contributed by atoms with van der Waals surface area (Å²) in [7, 11) is 0. The molecule has 0 unspecified atom stereocenters. The molecule has 0 aromatic rings. The molecule has 10 heteroatoms. The number of hydrogen-bond acceptors (Lipinski definition) is 6. The van der Waals surface area contributed by atoms with E-state index in [0.29, 0.717) is 0 Å². The van der Waals surface area contributed by atoms with Crippen molar-refractivity contribution >= 4 is 97.1 Å². The third-order valence-electron chi connectivity index (χ3n) is 0. The Morgan fingerprint density at radius 2 is 0.692 bits per heavy atom. The monoisotopic (exact) mass is 540 g/mol. The summed E-state index contributed by atoms with van der Waals surface area (Å²) in [5.74, 6) is 0. The summed E-state index contributed by atoms with van der Waals surface area (Å²) >= 11 is 3.45. The van der Waals surface area contributed by atoms with Crippen molar-refractivity contribution in [3.63, 3.8) is 0 Å². The number of hydrogen-bond donors (Lipinski definition) is 0. The van der Waals surface area contributed by atoms with Crippen molar-refractivity contribution in [1.82, 2.24) is 0 Å². The van der Waals surface area contributed by atoms with Crippen LogP contribution < -0.4 is 15.3 Å². The fourth-order valence-corrected chi connectivity index (χ4v) is 0. The first kappa shape index (κ1) is 23.7. The molecule has 0 N–H and O–H groups in total. The third-order valence-corrected chi connectivity index (χ3v) is 0. The number of carboxylic acid groups (broad SMARTS) is 3. The Morgan fingerprint density at radius 1 is 0.692 bits per heavy atom. The number of rotatable bonds is 0. The molecule has 0 spiro atoms. The second kappa shape index (κ2) is 18.8. The van der Waals surface area contributed by atoms with Crippen molar-refractivity contribution < 1.29 is 29.7 Å². The molecule has 0 bridgehead atoms. The van der Waals surface area contributed by atoms with Crippen LogP contribution in [0.1, 0.15) is 0 Å². The largest absolute Gasteiger partial charge is 3.00 e. The average Bonchev–Trinajstić information content (AvgIpc) is 1.54. The summed E-state index contributed by atoms with van der Waals surface area (Å²) in [5.41, 5.74) is 0. The van der Waals surface area contributed by atoms with Gasteiger partial charge in [0.05, 0.1) is 0 Å². The van der Waals surface area contributed by atoms with Crippen LogP contribution >= 0.6 is 67.8 Å². The van der Waals surface area contributed by atoms with Gasteiger partial charge in [0.15, 0.2) is 0 Å². The first-order valence-electron chi connectivity index (χ1n) is 1.79. The predicted octanol–water partition coefficient (Wildman–Crippen LogP) is -1.09. The Labute approximate surface area is 125 Å². The van der Waals surface area contributed by atoms with Gasteiger partial charge in [-0.3, -0.25) is 0 Å². The molecular formula is C3AlI3O6. The summed E-state index contributed by atoms with van der Waals surface area (Å²) in [6.07, 6.45) is 0. The molecule has 0 aromatic heterocycles. The van der Waals surface area contributed by atoms with Crippen LogP contribution in [0, 0.1) is 0 Å². The summed E-state index contributed by atoms with van der Waals surface area (Å²) in [6, 6.07) is 0. The van der Waals surface area contributed by atoms with Gasteiger partial charge < -0.3 is 29.7 Å². The van der Waals surface area contributed by atoms with Crippen molar-refractivity contribution in [2.24, 2.45) is 0 Å². The minimum atomic E-state index is -1.11. The second-order valence-corrected chi connectivity index (χ2v) is 3.36. The maximum atomic E-state index is 8.88. The van der Waals surface area contributed by atoms with E-state index in [0.717, 1.165) is 67.8 Å². The number of carbonyl (C=O) groups excluding carboxylic acids is 3. The van der Waals surface area contributed by atoms with Crippen LogP contribution in [-0.4, -0.2) is 29.3 Å². The number of halogens is 3. The Bertz CT molecular complexity index is 121. The molecule has 13 heavy (non-hydrogen) atoms. The summed E-state index contributed by atoms with van der Waals surface area (Å²) in [4.78, 5) is 26.6. The normalized spacial score (nSPS) is 5.77. The van der Waals surface area contributed by atoms with Gasteiger partial charge in [0.2, 0.25) is 0 Å². The van der Waals surface area contributed by atoms with E-state index in [1.807, 2.05) is 0 Å². The molecule has 0 heterocycles. The van der Waals surface area contributed by atoms with Crippen LogP contribution in [0.3, 0.4) is 0 Å². The molecule has 0 fully saturated rings. The smallest absolute Gasteiger partial charge is 0.538 e. The van der Waals surface area contributed by atoms with Crippen molar-refractivity contribution in [1.29, 1.82) is 0 Å². The quantitative estimate of drug-likeness (QED) is 0.219. The van der Waals surface area contributed by atoms with Crippen molar-refractivity contribution in [3.05, 3.63) is 0 Å². The van der Waals surface area contributed by atoms with Gasteiger partial charge in [-0.05, 0) is 67.8 Å². The van der Waals surface area contributed by atoms with E-state index in [1.54, 1.807) is 0 Å². The molecule has 0 radical (unpaired) electrons. The summed E-state index contributed by atoms with van der Waals surface area (Å²) in [5, 5.41) is 26.6. The summed E-state index contributed by atoms with van der Waals surface area (Å²) in [6.45, 7) is 0. The molecule has 0 rings (SSSR count). The average molecular weight is 540 g/mol. The Hall–Kier alpha value is 1.13. The summed E-state index contributed by atoms with van der Waals surface area (Å²) < 4.78 is -3.34. The second-order valence-electron chi connectivity index (χ2n) is 0.713. The van der Waals surface area contributed by atoms with E-state index in [4.69, 9.17) is 29.7 Å². The van der Waals surface area contributed by atoms with Gasteiger partial charge >= 0.3 is 17.4 Å². The Kier molecular flexibility index (Phi) is 34.4.